The van der Waals surface area contributed by atoms with Crippen molar-refractivity contribution in [3.05, 3.63) is 131 Å². The number of hydrogen-bond donors (Lipinski definition) is 1. The molecule has 1 aliphatic heterocycles. The van der Waals surface area contributed by atoms with Gasteiger partial charge in [0.05, 0.1) is 14.2 Å². The number of hydrogen-bond acceptors (Lipinski definition) is 5. The number of carbonyl (C=O) groups excluding carboxylic acids is 1. The molecule has 6 nitrogen and oxygen atoms in total. The SMILES string of the molecule is COc1cc2c(cc1OC)C(CCCN(C1CCC1)C1CCC1)N(CCCC(CCCNC(=O)CCc1ccc(F)cc1)(c1ccccc1)c1ccccc1)CC2. The molecule has 2 aliphatic carbocycles. The summed E-state index contributed by atoms with van der Waals surface area (Å²) in [5.74, 6) is 1.43. The predicted octanol–water partition coefficient (Wildman–Crippen LogP) is 10.2. The van der Waals surface area contributed by atoms with Crippen molar-refractivity contribution < 1.29 is 18.7 Å². The molecular formula is C50H64FN3O3. The first-order valence-electron chi connectivity index (χ1n) is 21.8. The second-order valence-corrected chi connectivity index (χ2v) is 16.8. The number of rotatable bonds is 21. The van der Waals surface area contributed by atoms with Gasteiger partial charge in [0, 0.05) is 43.1 Å². The molecule has 3 aliphatic rings. The van der Waals surface area contributed by atoms with Crippen molar-refractivity contribution in [3.63, 3.8) is 0 Å². The molecule has 1 atom stereocenters. The molecule has 7 heteroatoms. The quantitative estimate of drug-likeness (QED) is 0.0855. The Morgan fingerprint density at radius 2 is 1.42 bits per heavy atom. The van der Waals surface area contributed by atoms with E-state index in [-0.39, 0.29) is 17.1 Å². The standard InChI is InChI=1S/C50H64FN3O3/c1-56-47-36-39-29-35-53(46(45(39)37-48(47)57-2)22-11-34-54(43-18-9-19-43)44-20-10-21-44)33-13-31-50(40-14-5-3-6-15-40,41-16-7-4-8-17-41)30-12-32-52-49(55)28-25-38-23-26-42(51)27-24-38/h3-8,14-17,23-24,26-27,36-37,43-44,46H,9-13,18-22,25,28-35H2,1-2H3,(H,52,55). The lowest BCUT2D eigenvalue weighted by atomic mass is 9.68. The highest BCUT2D eigenvalue weighted by Gasteiger charge is 2.36. The van der Waals surface area contributed by atoms with Crippen molar-refractivity contribution in [1.29, 1.82) is 0 Å². The molecule has 304 valence electrons. The van der Waals surface area contributed by atoms with Crippen LogP contribution in [0.3, 0.4) is 0 Å². The summed E-state index contributed by atoms with van der Waals surface area (Å²) in [5, 5.41) is 3.19. The highest BCUT2D eigenvalue weighted by Crippen LogP contribution is 2.44. The van der Waals surface area contributed by atoms with Crippen LogP contribution >= 0.6 is 0 Å². The molecule has 2 fully saturated rings. The lowest BCUT2D eigenvalue weighted by Crippen LogP contribution is -2.50. The van der Waals surface area contributed by atoms with E-state index >= 15 is 0 Å². The molecule has 4 aromatic carbocycles. The molecule has 7 rings (SSSR count). The molecule has 0 bridgehead atoms. The van der Waals surface area contributed by atoms with Crippen LogP contribution < -0.4 is 14.8 Å². The van der Waals surface area contributed by atoms with Gasteiger partial charge in [-0.05, 0) is 142 Å². The first kappa shape index (κ1) is 41.0. The minimum Gasteiger partial charge on any atom is -0.493 e. The Morgan fingerprint density at radius 3 is 2.02 bits per heavy atom. The summed E-state index contributed by atoms with van der Waals surface area (Å²) in [6, 6.07) is 34.9. The third kappa shape index (κ3) is 10.1. The molecule has 1 heterocycles. The van der Waals surface area contributed by atoms with Crippen LogP contribution in [0.5, 0.6) is 11.5 Å². The van der Waals surface area contributed by atoms with Gasteiger partial charge in [-0.25, -0.2) is 4.39 Å². The minimum absolute atomic E-state index is 0.0403. The molecule has 57 heavy (non-hydrogen) atoms. The number of benzene rings is 4. The van der Waals surface area contributed by atoms with Crippen LogP contribution in [-0.4, -0.2) is 68.2 Å². The van der Waals surface area contributed by atoms with E-state index in [0.717, 1.165) is 80.8 Å². The van der Waals surface area contributed by atoms with E-state index in [9.17, 15) is 9.18 Å². The lowest BCUT2D eigenvalue weighted by Gasteiger charge is -2.46. The highest BCUT2D eigenvalue weighted by atomic mass is 19.1. The number of methoxy groups -OCH3 is 2. The number of nitrogens with one attached hydrogen (secondary N) is 1. The Bertz CT molecular complexity index is 1790. The van der Waals surface area contributed by atoms with E-state index in [0.29, 0.717) is 25.4 Å². The molecule has 0 saturated heterocycles. The topological polar surface area (TPSA) is 54.0 Å². The van der Waals surface area contributed by atoms with Crippen LogP contribution in [0.15, 0.2) is 97.1 Å². The van der Waals surface area contributed by atoms with Gasteiger partial charge in [-0.1, -0.05) is 85.6 Å². The Hall–Kier alpha value is -4.20. The second kappa shape index (κ2) is 20.0. The Labute approximate surface area is 341 Å². The number of ether oxygens (including phenoxy) is 2. The van der Waals surface area contributed by atoms with Gasteiger partial charge in [-0.15, -0.1) is 0 Å². The summed E-state index contributed by atoms with van der Waals surface area (Å²) in [5.41, 5.74) is 6.26. The fraction of sp³-hybridized carbons (Fsp3) is 0.500. The maximum Gasteiger partial charge on any atom is 0.220 e. The van der Waals surface area contributed by atoms with Crippen LogP contribution in [0.25, 0.3) is 0 Å². The largest absolute Gasteiger partial charge is 0.493 e. The number of halogens is 1. The normalized spacial score (nSPS) is 17.4. The van der Waals surface area contributed by atoms with Gasteiger partial charge in [0.15, 0.2) is 11.5 Å². The lowest BCUT2D eigenvalue weighted by molar-refractivity contribution is -0.121. The molecule has 0 aromatic heterocycles. The van der Waals surface area contributed by atoms with Crippen molar-refractivity contribution in [2.45, 2.75) is 120 Å². The smallest absolute Gasteiger partial charge is 0.220 e. The second-order valence-electron chi connectivity index (χ2n) is 16.8. The monoisotopic (exact) mass is 773 g/mol. The van der Waals surface area contributed by atoms with Gasteiger partial charge in [-0.3, -0.25) is 14.6 Å². The summed E-state index contributed by atoms with van der Waals surface area (Å²) < 4.78 is 25.0. The van der Waals surface area contributed by atoms with Crippen molar-refractivity contribution >= 4 is 5.91 Å². The zero-order chi connectivity index (χ0) is 39.5. The van der Waals surface area contributed by atoms with Gasteiger partial charge in [-0.2, -0.15) is 0 Å². The Kier molecular flexibility index (Phi) is 14.4. The third-order valence-corrected chi connectivity index (χ3v) is 13.5. The predicted molar refractivity (Wildman–Crippen MR) is 229 cm³/mol. The summed E-state index contributed by atoms with van der Waals surface area (Å²) in [7, 11) is 3.49. The van der Waals surface area contributed by atoms with E-state index in [4.69, 9.17) is 9.47 Å². The van der Waals surface area contributed by atoms with Crippen LogP contribution in [0.4, 0.5) is 4.39 Å². The van der Waals surface area contributed by atoms with Crippen LogP contribution in [0.1, 0.15) is 117 Å². The van der Waals surface area contributed by atoms with Crippen LogP contribution in [-0.2, 0) is 23.1 Å². The van der Waals surface area contributed by atoms with E-state index < -0.39 is 0 Å². The number of fused-ring (bicyclic) bond motifs is 1. The van der Waals surface area contributed by atoms with Gasteiger partial charge in [0.25, 0.3) is 0 Å². The van der Waals surface area contributed by atoms with Gasteiger partial charge in [0.1, 0.15) is 5.82 Å². The molecule has 4 aromatic rings. The number of carbonyl (C=O) groups is 1. The van der Waals surface area contributed by atoms with Crippen molar-refractivity contribution in [2.24, 2.45) is 0 Å². The van der Waals surface area contributed by atoms with Crippen LogP contribution in [0.2, 0.25) is 0 Å². The fourth-order valence-electron chi connectivity index (χ4n) is 9.84. The summed E-state index contributed by atoms with van der Waals surface area (Å²) in [4.78, 5) is 18.6. The van der Waals surface area contributed by atoms with E-state index in [1.165, 1.54) is 85.9 Å². The summed E-state index contributed by atoms with van der Waals surface area (Å²) in [6.07, 6.45) is 16.5. The Balaban J connectivity index is 1.06. The maximum atomic E-state index is 13.4. The van der Waals surface area contributed by atoms with E-state index in [1.807, 2.05) is 0 Å². The van der Waals surface area contributed by atoms with Crippen molar-refractivity contribution in [1.82, 2.24) is 15.1 Å². The van der Waals surface area contributed by atoms with Crippen molar-refractivity contribution in [2.75, 3.05) is 40.4 Å². The van der Waals surface area contributed by atoms with Gasteiger partial charge < -0.3 is 14.8 Å². The minimum atomic E-state index is -0.253. The fourth-order valence-corrected chi connectivity index (χ4v) is 9.84. The highest BCUT2D eigenvalue weighted by molar-refractivity contribution is 5.76. The maximum absolute atomic E-state index is 13.4. The van der Waals surface area contributed by atoms with E-state index in [1.54, 1.807) is 26.4 Å². The summed E-state index contributed by atoms with van der Waals surface area (Å²) in [6.45, 7) is 3.89. The number of aryl methyl sites for hydroxylation is 1. The molecule has 0 spiro atoms. The zero-order valence-electron chi connectivity index (χ0n) is 34.4. The molecule has 1 amide bonds. The molecule has 1 N–H and O–H groups in total. The van der Waals surface area contributed by atoms with Crippen LogP contribution in [0, 0.1) is 5.82 Å². The average Bonchev–Trinajstić information content (AvgIpc) is 3.20. The number of amides is 1. The first-order chi connectivity index (χ1) is 28.0. The number of nitrogens with zero attached hydrogens (tertiary/aromatic N) is 2. The molecule has 2 saturated carbocycles. The van der Waals surface area contributed by atoms with Gasteiger partial charge >= 0.3 is 0 Å². The summed E-state index contributed by atoms with van der Waals surface area (Å²) >= 11 is 0. The van der Waals surface area contributed by atoms with Crippen molar-refractivity contribution in [3.8, 4) is 11.5 Å². The molecular weight excluding hydrogens is 710 g/mol. The Morgan fingerprint density at radius 1 is 0.807 bits per heavy atom. The van der Waals surface area contributed by atoms with Gasteiger partial charge in [0.2, 0.25) is 5.91 Å². The molecule has 1 unspecified atom stereocenters. The van der Waals surface area contributed by atoms with E-state index in [2.05, 4.69) is 87.9 Å². The zero-order valence-corrected chi connectivity index (χ0v) is 34.4. The first-order valence-corrected chi connectivity index (χ1v) is 21.8. The molecule has 0 radical (unpaired) electrons. The average molecular weight is 774 g/mol. The third-order valence-electron chi connectivity index (χ3n) is 13.5.